The van der Waals surface area contributed by atoms with Crippen LogP contribution in [-0.2, 0) is 0 Å². The van der Waals surface area contributed by atoms with Gasteiger partial charge in [0.05, 0.1) is 0 Å². The molecule has 0 radical (unpaired) electrons. The maximum atomic E-state index is 8.73. The van der Waals surface area contributed by atoms with Crippen LogP contribution in [0.15, 0.2) is 0 Å². The summed E-state index contributed by atoms with van der Waals surface area (Å²) in [6.45, 7) is 1.18. The fourth-order valence-electron chi connectivity index (χ4n) is 2.82. The van der Waals surface area contributed by atoms with Gasteiger partial charge in [0.25, 0.3) is 0 Å². The number of hydrogen-bond acceptors (Lipinski definition) is 3. The molecule has 14 heavy (non-hydrogen) atoms. The molecule has 1 aliphatic heterocycles. The number of hydrogen-bond donors (Lipinski definition) is 3. The van der Waals surface area contributed by atoms with Crippen molar-refractivity contribution in [3.8, 4) is 0 Å². The van der Waals surface area contributed by atoms with Crippen molar-refractivity contribution in [2.45, 2.75) is 50.4 Å². The number of nitrogens with one attached hydrogen (secondary N) is 1. The van der Waals surface area contributed by atoms with Gasteiger partial charge in [-0.1, -0.05) is 12.8 Å². The summed E-state index contributed by atoms with van der Waals surface area (Å²) in [5.41, 5.74) is 0.471. The second-order valence-corrected chi connectivity index (χ2v) is 4.85. The molecule has 1 saturated heterocycles. The molecule has 2 fully saturated rings. The highest BCUT2D eigenvalue weighted by Crippen LogP contribution is 2.51. The third kappa shape index (κ3) is 2.30. The molecule has 2 unspecified atom stereocenters. The molecular weight excluding hydrogens is 177 g/mol. The van der Waals surface area contributed by atoms with Gasteiger partial charge >= 0.3 is 7.12 Å². The summed E-state index contributed by atoms with van der Waals surface area (Å²) < 4.78 is 0. The van der Waals surface area contributed by atoms with E-state index in [4.69, 9.17) is 10.0 Å². The van der Waals surface area contributed by atoms with Crippen LogP contribution in [0.5, 0.6) is 0 Å². The van der Waals surface area contributed by atoms with Gasteiger partial charge in [0.1, 0.15) is 0 Å². The van der Waals surface area contributed by atoms with E-state index in [1.54, 1.807) is 0 Å². The molecule has 0 amide bonds. The van der Waals surface area contributed by atoms with Crippen molar-refractivity contribution in [1.29, 1.82) is 0 Å². The minimum absolute atomic E-state index is 0.471. The Balaban J connectivity index is 1.65. The average Bonchev–Trinajstić information content (AvgIpc) is 2.79. The Hall–Kier alpha value is -0.0551. The van der Waals surface area contributed by atoms with Crippen molar-refractivity contribution >= 4 is 7.12 Å². The highest BCUT2D eigenvalue weighted by atomic mass is 16.4. The van der Waals surface area contributed by atoms with Crippen LogP contribution in [-0.4, -0.2) is 29.3 Å². The van der Waals surface area contributed by atoms with Gasteiger partial charge in [0, 0.05) is 5.54 Å². The third-order valence-electron chi connectivity index (χ3n) is 3.77. The van der Waals surface area contributed by atoms with Gasteiger partial charge in [0.15, 0.2) is 0 Å². The van der Waals surface area contributed by atoms with Gasteiger partial charge < -0.3 is 15.4 Å². The molecule has 1 spiro atoms. The molecule has 4 heteroatoms. The molecule has 2 aliphatic rings. The zero-order valence-corrected chi connectivity index (χ0v) is 8.71. The summed E-state index contributed by atoms with van der Waals surface area (Å²) in [6, 6.07) is 0. The molecule has 1 heterocycles. The van der Waals surface area contributed by atoms with Crippen molar-refractivity contribution < 1.29 is 10.0 Å². The Morgan fingerprint density at radius 2 is 2.21 bits per heavy atom. The summed E-state index contributed by atoms with van der Waals surface area (Å²) in [5, 5.41) is 21.1. The normalized spacial score (nSPS) is 36.0. The lowest BCUT2D eigenvalue weighted by molar-refractivity contribution is 0.349. The van der Waals surface area contributed by atoms with Gasteiger partial charge in [-0.3, -0.25) is 0 Å². The zero-order valence-electron chi connectivity index (χ0n) is 8.71. The Kier molecular flexibility index (Phi) is 3.15. The lowest BCUT2D eigenvalue weighted by Gasteiger charge is -2.24. The van der Waals surface area contributed by atoms with Crippen LogP contribution in [0.2, 0.25) is 6.32 Å². The summed E-state index contributed by atoms with van der Waals surface area (Å²) in [5.74, 6) is 0.807. The van der Waals surface area contributed by atoms with Crippen molar-refractivity contribution in [3.63, 3.8) is 0 Å². The zero-order chi connectivity index (χ0) is 10.0. The van der Waals surface area contributed by atoms with E-state index in [9.17, 15) is 0 Å². The van der Waals surface area contributed by atoms with E-state index in [2.05, 4.69) is 5.32 Å². The summed E-state index contributed by atoms with van der Waals surface area (Å²) in [4.78, 5) is 0. The molecular formula is C10H20BNO2. The van der Waals surface area contributed by atoms with E-state index in [-0.39, 0.29) is 0 Å². The number of piperidine rings is 1. The van der Waals surface area contributed by atoms with Gasteiger partial charge in [-0.15, -0.1) is 0 Å². The van der Waals surface area contributed by atoms with Crippen LogP contribution in [0.25, 0.3) is 0 Å². The molecule has 3 N–H and O–H groups in total. The minimum Gasteiger partial charge on any atom is -0.427 e. The van der Waals surface area contributed by atoms with Crippen LogP contribution in [0.4, 0.5) is 0 Å². The van der Waals surface area contributed by atoms with Crippen molar-refractivity contribution in [1.82, 2.24) is 5.32 Å². The van der Waals surface area contributed by atoms with E-state index < -0.39 is 7.12 Å². The lowest BCUT2D eigenvalue weighted by atomic mass is 9.83. The second kappa shape index (κ2) is 4.21. The molecule has 0 bridgehead atoms. The van der Waals surface area contributed by atoms with E-state index in [0.717, 1.165) is 18.8 Å². The fourth-order valence-corrected chi connectivity index (χ4v) is 2.82. The monoisotopic (exact) mass is 197 g/mol. The number of rotatable bonds is 4. The average molecular weight is 197 g/mol. The molecule has 2 rings (SSSR count). The Labute approximate surface area is 86.0 Å². The summed E-state index contributed by atoms with van der Waals surface area (Å²) in [6.07, 6.45) is 7.98. The molecule has 1 saturated carbocycles. The van der Waals surface area contributed by atoms with Gasteiger partial charge in [-0.05, 0) is 44.5 Å². The van der Waals surface area contributed by atoms with Crippen LogP contribution in [0, 0.1) is 5.92 Å². The van der Waals surface area contributed by atoms with Gasteiger partial charge in [0.2, 0.25) is 0 Å². The molecule has 0 aromatic heterocycles. The second-order valence-electron chi connectivity index (χ2n) is 4.85. The minimum atomic E-state index is -1.11. The summed E-state index contributed by atoms with van der Waals surface area (Å²) in [7, 11) is -1.11. The van der Waals surface area contributed by atoms with E-state index in [0.29, 0.717) is 11.9 Å². The maximum absolute atomic E-state index is 8.73. The first-order valence-electron chi connectivity index (χ1n) is 5.84. The maximum Gasteiger partial charge on any atom is 0.451 e. The lowest BCUT2D eigenvalue weighted by Crippen LogP contribution is -2.38. The topological polar surface area (TPSA) is 52.5 Å². The highest BCUT2D eigenvalue weighted by Gasteiger charge is 2.52. The first kappa shape index (κ1) is 10.5. The Morgan fingerprint density at radius 3 is 2.86 bits per heavy atom. The van der Waals surface area contributed by atoms with Crippen molar-refractivity contribution in [2.24, 2.45) is 5.92 Å². The van der Waals surface area contributed by atoms with E-state index in [1.165, 1.54) is 32.2 Å². The van der Waals surface area contributed by atoms with Gasteiger partial charge in [-0.2, -0.15) is 0 Å². The Morgan fingerprint density at radius 1 is 1.36 bits per heavy atom. The molecule has 3 nitrogen and oxygen atoms in total. The molecule has 0 aromatic rings. The first-order valence-corrected chi connectivity index (χ1v) is 5.84. The SMILES string of the molecule is OB(O)CCCC1CC12CCCCN2. The van der Waals surface area contributed by atoms with E-state index >= 15 is 0 Å². The summed E-state index contributed by atoms with van der Waals surface area (Å²) >= 11 is 0. The predicted molar refractivity (Wildman–Crippen MR) is 56.9 cm³/mol. The smallest absolute Gasteiger partial charge is 0.427 e. The largest absolute Gasteiger partial charge is 0.451 e. The third-order valence-corrected chi connectivity index (χ3v) is 3.77. The van der Waals surface area contributed by atoms with Crippen molar-refractivity contribution in [2.75, 3.05) is 6.54 Å². The highest BCUT2D eigenvalue weighted by molar-refractivity contribution is 6.40. The Bertz CT molecular complexity index is 193. The first-order chi connectivity index (χ1) is 6.73. The predicted octanol–water partition coefficient (Wildman–Crippen LogP) is 0.772. The van der Waals surface area contributed by atoms with Crippen LogP contribution in [0.3, 0.4) is 0 Å². The molecule has 2 atom stereocenters. The van der Waals surface area contributed by atoms with Gasteiger partial charge in [-0.25, -0.2) is 0 Å². The van der Waals surface area contributed by atoms with E-state index in [1.807, 2.05) is 0 Å². The molecule has 80 valence electrons. The molecule has 0 aromatic carbocycles. The molecule has 1 aliphatic carbocycles. The fraction of sp³-hybridized carbons (Fsp3) is 1.00. The van der Waals surface area contributed by atoms with Crippen LogP contribution in [0.1, 0.15) is 38.5 Å². The quantitative estimate of drug-likeness (QED) is 0.583. The standard InChI is InChI=1S/C10H20BNO2/c13-11(14)6-3-4-9-8-10(9)5-1-2-7-12-10/h9,12-14H,1-8H2. The van der Waals surface area contributed by atoms with Crippen LogP contribution < -0.4 is 5.32 Å². The van der Waals surface area contributed by atoms with Crippen LogP contribution >= 0.6 is 0 Å². The van der Waals surface area contributed by atoms with Crippen molar-refractivity contribution in [3.05, 3.63) is 0 Å².